The first-order valence-electron chi connectivity index (χ1n) is 10.0. The van der Waals surface area contributed by atoms with Gasteiger partial charge in [-0.1, -0.05) is 79.0 Å². The zero-order chi connectivity index (χ0) is 20.4. The Morgan fingerprint density at radius 3 is 2.59 bits per heavy atom. The molecule has 1 aliphatic carbocycles. The third kappa shape index (κ3) is 4.60. The average molecular weight is 447 g/mol. The second kappa shape index (κ2) is 9.03. The Hall–Kier alpha value is -1.62. The van der Waals surface area contributed by atoms with E-state index in [1.807, 2.05) is 42.5 Å². The van der Waals surface area contributed by atoms with Crippen molar-refractivity contribution in [3.63, 3.8) is 0 Å². The molecule has 1 N–H and O–H groups in total. The highest BCUT2D eigenvalue weighted by Gasteiger charge is 2.42. The van der Waals surface area contributed by atoms with Crippen LogP contribution >= 0.6 is 35.0 Å². The maximum Gasteiger partial charge on any atom is 0.262 e. The molecule has 2 aliphatic rings. The summed E-state index contributed by atoms with van der Waals surface area (Å²) in [7, 11) is 0. The Labute approximate surface area is 186 Å². The number of anilines is 1. The maximum absolute atomic E-state index is 13.5. The fraction of sp³-hybridized carbons (Fsp3) is 0.348. The first kappa shape index (κ1) is 20.6. The highest BCUT2D eigenvalue weighted by Crippen LogP contribution is 2.42. The van der Waals surface area contributed by atoms with Gasteiger partial charge in [0.05, 0.1) is 4.91 Å². The van der Waals surface area contributed by atoms with Crippen molar-refractivity contribution in [1.29, 1.82) is 0 Å². The standard InChI is InChI=1S/C23H24Cl2N2OS/c1-15-7-5-6-10-20(15)27-22(28)21(13-16-11-12-17(24)14-19(16)25)29-23(27)26-18-8-3-2-4-9-18/h2-4,8-9,11-15,20,23,26H,5-7,10H2,1H3/b21-13-/t15-,20-,23?/m0/s1. The molecule has 2 aromatic carbocycles. The number of benzene rings is 2. The smallest absolute Gasteiger partial charge is 0.262 e. The normalized spacial score (nSPS) is 26.2. The minimum Gasteiger partial charge on any atom is -0.356 e. The largest absolute Gasteiger partial charge is 0.356 e. The van der Waals surface area contributed by atoms with Crippen molar-refractivity contribution in [2.24, 2.45) is 5.92 Å². The highest BCUT2D eigenvalue weighted by molar-refractivity contribution is 8.05. The monoisotopic (exact) mass is 446 g/mol. The number of amides is 1. The van der Waals surface area contributed by atoms with Crippen LogP contribution in [0.25, 0.3) is 6.08 Å². The zero-order valence-electron chi connectivity index (χ0n) is 16.3. The van der Waals surface area contributed by atoms with Crippen LogP contribution in [0.2, 0.25) is 10.0 Å². The van der Waals surface area contributed by atoms with Gasteiger partial charge in [-0.3, -0.25) is 4.79 Å². The Kier molecular flexibility index (Phi) is 6.43. The van der Waals surface area contributed by atoms with Crippen molar-refractivity contribution in [2.75, 3.05) is 5.32 Å². The summed E-state index contributed by atoms with van der Waals surface area (Å²) in [5, 5.41) is 4.69. The lowest BCUT2D eigenvalue weighted by Gasteiger charge is -2.39. The van der Waals surface area contributed by atoms with Crippen molar-refractivity contribution in [1.82, 2.24) is 4.90 Å². The van der Waals surface area contributed by atoms with E-state index in [2.05, 4.69) is 17.1 Å². The lowest BCUT2D eigenvalue weighted by atomic mass is 9.85. The van der Waals surface area contributed by atoms with E-state index in [1.54, 1.807) is 23.9 Å². The van der Waals surface area contributed by atoms with Gasteiger partial charge in [0.2, 0.25) is 0 Å². The number of carbonyl (C=O) groups is 1. The molecule has 1 saturated carbocycles. The molecule has 3 atom stereocenters. The summed E-state index contributed by atoms with van der Waals surface area (Å²) in [5.41, 5.74) is 1.69. The third-order valence-electron chi connectivity index (χ3n) is 5.67. The first-order valence-corrected chi connectivity index (χ1v) is 11.6. The molecule has 4 rings (SSSR count). The van der Waals surface area contributed by atoms with Gasteiger partial charge < -0.3 is 10.2 Å². The van der Waals surface area contributed by atoms with Crippen molar-refractivity contribution < 1.29 is 4.79 Å². The molecule has 1 saturated heterocycles. The molecule has 2 fully saturated rings. The molecule has 6 heteroatoms. The Balaban J connectivity index is 1.66. The molecule has 29 heavy (non-hydrogen) atoms. The van der Waals surface area contributed by atoms with E-state index in [0.717, 1.165) is 17.7 Å². The molecule has 0 bridgehead atoms. The molecule has 1 heterocycles. The van der Waals surface area contributed by atoms with Gasteiger partial charge in [-0.2, -0.15) is 0 Å². The molecule has 1 aliphatic heterocycles. The van der Waals surface area contributed by atoms with Crippen LogP contribution in [0.5, 0.6) is 0 Å². The quantitative estimate of drug-likeness (QED) is 0.519. The Morgan fingerprint density at radius 2 is 1.86 bits per heavy atom. The van der Waals surface area contributed by atoms with Gasteiger partial charge in [-0.15, -0.1) is 0 Å². The lowest BCUT2D eigenvalue weighted by Crippen LogP contribution is -2.48. The fourth-order valence-electron chi connectivity index (χ4n) is 4.13. The van der Waals surface area contributed by atoms with Crippen LogP contribution in [-0.2, 0) is 4.79 Å². The van der Waals surface area contributed by atoms with Crippen LogP contribution in [0.1, 0.15) is 38.2 Å². The van der Waals surface area contributed by atoms with Gasteiger partial charge >= 0.3 is 0 Å². The molecule has 0 spiro atoms. The van der Waals surface area contributed by atoms with Crippen LogP contribution in [-0.4, -0.2) is 22.3 Å². The number of rotatable bonds is 4. The molecule has 3 nitrogen and oxygen atoms in total. The number of nitrogens with one attached hydrogen (secondary N) is 1. The molecule has 0 radical (unpaired) electrons. The molecule has 1 amide bonds. The van der Waals surface area contributed by atoms with Crippen LogP contribution in [0.4, 0.5) is 5.69 Å². The van der Waals surface area contributed by atoms with Gasteiger partial charge in [-0.25, -0.2) is 0 Å². The molecule has 2 aromatic rings. The van der Waals surface area contributed by atoms with Gasteiger partial charge in [-0.05, 0) is 54.7 Å². The number of hydrogen-bond donors (Lipinski definition) is 1. The third-order valence-corrected chi connectivity index (χ3v) is 7.35. The fourth-order valence-corrected chi connectivity index (χ4v) is 5.79. The molecule has 152 valence electrons. The van der Waals surface area contributed by atoms with Crippen molar-refractivity contribution in [2.45, 2.75) is 44.1 Å². The number of halogens is 2. The van der Waals surface area contributed by atoms with E-state index < -0.39 is 0 Å². The van der Waals surface area contributed by atoms with E-state index in [9.17, 15) is 4.79 Å². The molecular formula is C23H24Cl2N2OS. The maximum atomic E-state index is 13.5. The zero-order valence-corrected chi connectivity index (χ0v) is 18.6. The summed E-state index contributed by atoms with van der Waals surface area (Å²) in [6.45, 7) is 2.26. The second-order valence-electron chi connectivity index (χ2n) is 7.70. The predicted molar refractivity (Wildman–Crippen MR) is 124 cm³/mol. The highest BCUT2D eigenvalue weighted by atomic mass is 35.5. The van der Waals surface area contributed by atoms with E-state index >= 15 is 0 Å². The van der Waals surface area contributed by atoms with Crippen molar-refractivity contribution in [3.8, 4) is 0 Å². The van der Waals surface area contributed by atoms with Crippen molar-refractivity contribution in [3.05, 3.63) is 69.0 Å². The predicted octanol–water partition coefficient (Wildman–Crippen LogP) is 6.88. The number of hydrogen-bond acceptors (Lipinski definition) is 3. The summed E-state index contributed by atoms with van der Waals surface area (Å²) < 4.78 is 0. The van der Waals surface area contributed by atoms with Crippen LogP contribution in [0.3, 0.4) is 0 Å². The van der Waals surface area contributed by atoms with Gasteiger partial charge in [0, 0.05) is 21.8 Å². The van der Waals surface area contributed by atoms with E-state index in [4.69, 9.17) is 23.2 Å². The Bertz CT molecular complexity index is 918. The summed E-state index contributed by atoms with van der Waals surface area (Å²) in [6, 6.07) is 15.7. The van der Waals surface area contributed by atoms with Crippen LogP contribution < -0.4 is 5.32 Å². The minimum atomic E-state index is -0.132. The average Bonchev–Trinajstić information content (AvgIpc) is 3.00. The van der Waals surface area contributed by atoms with E-state index in [-0.39, 0.29) is 17.4 Å². The van der Waals surface area contributed by atoms with Gasteiger partial charge in [0.1, 0.15) is 0 Å². The number of nitrogens with zero attached hydrogens (tertiary/aromatic N) is 1. The van der Waals surface area contributed by atoms with Gasteiger partial charge in [0.25, 0.3) is 5.91 Å². The van der Waals surface area contributed by atoms with Gasteiger partial charge in [0.15, 0.2) is 5.50 Å². The summed E-state index contributed by atoms with van der Waals surface area (Å²) in [5.74, 6) is 0.569. The van der Waals surface area contributed by atoms with Crippen molar-refractivity contribution >= 4 is 52.6 Å². The summed E-state index contributed by atoms with van der Waals surface area (Å²) >= 11 is 13.9. The SMILES string of the molecule is C[C@H]1CCCC[C@@H]1N1C(=O)/C(=C/c2ccc(Cl)cc2Cl)SC1Nc1ccccc1. The van der Waals surface area contributed by atoms with Crippen LogP contribution in [0.15, 0.2) is 53.4 Å². The lowest BCUT2D eigenvalue weighted by molar-refractivity contribution is -0.129. The summed E-state index contributed by atoms with van der Waals surface area (Å²) in [6.07, 6.45) is 6.52. The minimum absolute atomic E-state index is 0.0770. The second-order valence-corrected chi connectivity index (χ2v) is 9.66. The molecule has 1 unspecified atom stereocenters. The van der Waals surface area contributed by atoms with E-state index in [0.29, 0.717) is 20.9 Å². The number of thioether (sulfide) groups is 1. The topological polar surface area (TPSA) is 32.3 Å². The summed E-state index contributed by atoms with van der Waals surface area (Å²) in [4.78, 5) is 16.2. The Morgan fingerprint density at radius 1 is 1.10 bits per heavy atom. The number of carbonyl (C=O) groups excluding carboxylic acids is 1. The molecular weight excluding hydrogens is 423 g/mol. The molecule has 0 aromatic heterocycles. The van der Waals surface area contributed by atoms with E-state index in [1.165, 1.54) is 19.3 Å². The first-order chi connectivity index (χ1) is 14.0. The van der Waals surface area contributed by atoms with Crippen LogP contribution in [0, 0.1) is 5.92 Å². The number of para-hydroxylation sites is 1.